The minimum Gasteiger partial charge on any atom is -0.345 e. The molecule has 112 valence electrons. The monoisotopic (exact) mass is 319 g/mol. The predicted octanol–water partition coefficient (Wildman–Crippen LogP) is 0.786. The minimum atomic E-state index is -3.17. The summed E-state index contributed by atoms with van der Waals surface area (Å²) >= 11 is 5.87. The summed E-state index contributed by atoms with van der Waals surface area (Å²) in [5, 5.41) is 0.517. The van der Waals surface area contributed by atoms with Crippen molar-refractivity contribution in [1.82, 2.24) is 13.8 Å². The van der Waals surface area contributed by atoms with E-state index in [2.05, 4.69) is 0 Å². The second-order valence-electron chi connectivity index (χ2n) is 4.75. The van der Waals surface area contributed by atoms with Crippen LogP contribution in [0.4, 0.5) is 0 Å². The number of hydrogen-bond donors (Lipinski definition) is 0. The Balaban J connectivity index is 2.04. The third-order valence-electron chi connectivity index (χ3n) is 3.47. The molecule has 0 radical (unpaired) electrons. The average Bonchev–Trinajstić information content (AvgIpc) is 2.77. The van der Waals surface area contributed by atoms with Gasteiger partial charge in [-0.05, 0) is 13.0 Å². The van der Waals surface area contributed by atoms with Crippen LogP contribution in [-0.2, 0) is 17.1 Å². The van der Waals surface area contributed by atoms with Gasteiger partial charge in [-0.15, -0.1) is 0 Å². The summed E-state index contributed by atoms with van der Waals surface area (Å²) in [6.07, 6.45) is 1.67. The molecule has 0 bridgehead atoms. The molecule has 1 aliphatic rings. The van der Waals surface area contributed by atoms with E-state index in [4.69, 9.17) is 11.6 Å². The molecule has 0 atom stereocenters. The number of hydrogen-bond acceptors (Lipinski definition) is 3. The van der Waals surface area contributed by atoms with Crippen LogP contribution in [0.2, 0.25) is 5.02 Å². The van der Waals surface area contributed by atoms with Gasteiger partial charge >= 0.3 is 0 Å². The molecule has 0 saturated carbocycles. The lowest BCUT2D eigenvalue weighted by atomic mass is 10.3. The first-order valence-electron chi connectivity index (χ1n) is 6.44. The van der Waals surface area contributed by atoms with Gasteiger partial charge in [0.15, 0.2) is 0 Å². The summed E-state index contributed by atoms with van der Waals surface area (Å²) < 4.78 is 26.6. The van der Waals surface area contributed by atoms with Gasteiger partial charge in [0.2, 0.25) is 10.0 Å². The van der Waals surface area contributed by atoms with Gasteiger partial charge in [-0.2, -0.15) is 4.31 Å². The van der Waals surface area contributed by atoms with Crippen LogP contribution in [0.1, 0.15) is 17.4 Å². The first-order valence-corrected chi connectivity index (χ1v) is 8.43. The standard InChI is InChI=1S/C12H18ClN3O3S/c1-3-20(18,19)16-6-4-15(5-7-16)12(17)11-8-10(13)9-14(11)2/h8-9H,3-7H2,1-2H3. The molecule has 0 aliphatic carbocycles. The minimum absolute atomic E-state index is 0.0916. The summed E-state index contributed by atoms with van der Waals surface area (Å²) in [5.74, 6) is -0.0260. The molecule has 1 saturated heterocycles. The van der Waals surface area contributed by atoms with Crippen LogP contribution in [0.25, 0.3) is 0 Å². The topological polar surface area (TPSA) is 62.6 Å². The van der Waals surface area contributed by atoms with Gasteiger partial charge in [0, 0.05) is 39.4 Å². The number of carbonyl (C=O) groups is 1. The second-order valence-corrected chi connectivity index (χ2v) is 7.44. The number of amides is 1. The first kappa shape index (κ1) is 15.3. The van der Waals surface area contributed by atoms with E-state index in [1.165, 1.54) is 4.31 Å². The van der Waals surface area contributed by atoms with E-state index < -0.39 is 10.0 Å². The zero-order valence-corrected chi connectivity index (χ0v) is 13.1. The average molecular weight is 320 g/mol. The summed E-state index contributed by atoms with van der Waals surface area (Å²) in [6, 6.07) is 1.62. The fraction of sp³-hybridized carbons (Fsp3) is 0.583. The molecule has 0 aromatic carbocycles. The summed E-state index contributed by atoms with van der Waals surface area (Å²) in [5.41, 5.74) is 0.516. The van der Waals surface area contributed by atoms with Crippen LogP contribution in [-0.4, -0.2) is 60.0 Å². The van der Waals surface area contributed by atoms with Gasteiger partial charge in [0.1, 0.15) is 5.69 Å². The lowest BCUT2D eigenvalue weighted by molar-refractivity contribution is 0.0688. The highest BCUT2D eigenvalue weighted by Gasteiger charge is 2.28. The van der Waals surface area contributed by atoms with Crippen LogP contribution in [0.5, 0.6) is 0 Å². The van der Waals surface area contributed by atoms with E-state index in [0.29, 0.717) is 36.9 Å². The molecule has 20 heavy (non-hydrogen) atoms. The van der Waals surface area contributed by atoms with Gasteiger partial charge in [-0.1, -0.05) is 11.6 Å². The highest BCUT2D eigenvalue weighted by Crippen LogP contribution is 2.16. The van der Waals surface area contributed by atoms with Gasteiger partial charge in [-0.25, -0.2) is 8.42 Å². The molecule has 6 nitrogen and oxygen atoms in total. The Kier molecular flexibility index (Phi) is 4.41. The van der Waals surface area contributed by atoms with Gasteiger partial charge in [-0.3, -0.25) is 4.79 Å². The van der Waals surface area contributed by atoms with Gasteiger partial charge < -0.3 is 9.47 Å². The molecule has 1 aliphatic heterocycles. The number of aryl methyl sites for hydroxylation is 1. The number of piperazine rings is 1. The van der Waals surface area contributed by atoms with Crippen LogP contribution in [0.15, 0.2) is 12.3 Å². The molecule has 0 unspecified atom stereocenters. The van der Waals surface area contributed by atoms with Crippen molar-refractivity contribution in [1.29, 1.82) is 0 Å². The Bertz CT molecular complexity index is 603. The van der Waals surface area contributed by atoms with Crippen molar-refractivity contribution >= 4 is 27.5 Å². The van der Waals surface area contributed by atoms with Crippen molar-refractivity contribution in [3.63, 3.8) is 0 Å². The van der Waals surface area contributed by atoms with E-state index >= 15 is 0 Å². The van der Waals surface area contributed by atoms with Crippen molar-refractivity contribution in [2.75, 3.05) is 31.9 Å². The molecule has 0 spiro atoms. The van der Waals surface area contributed by atoms with Crippen molar-refractivity contribution in [3.8, 4) is 0 Å². The number of carbonyl (C=O) groups excluding carboxylic acids is 1. The van der Waals surface area contributed by atoms with E-state index in [0.717, 1.165) is 0 Å². The van der Waals surface area contributed by atoms with Crippen LogP contribution >= 0.6 is 11.6 Å². The fourth-order valence-corrected chi connectivity index (χ4v) is 3.59. The van der Waals surface area contributed by atoms with Gasteiger partial charge in [0.05, 0.1) is 10.8 Å². The zero-order chi connectivity index (χ0) is 14.9. The summed E-state index contributed by atoms with van der Waals surface area (Å²) in [4.78, 5) is 14.0. The highest BCUT2D eigenvalue weighted by molar-refractivity contribution is 7.89. The lowest BCUT2D eigenvalue weighted by Crippen LogP contribution is -2.51. The molecule has 1 aromatic rings. The molecular formula is C12H18ClN3O3S. The molecule has 0 N–H and O–H groups in total. The molecule has 2 heterocycles. The Morgan fingerprint density at radius 3 is 2.35 bits per heavy atom. The Labute approximate surface area is 124 Å². The van der Waals surface area contributed by atoms with Crippen molar-refractivity contribution in [2.24, 2.45) is 7.05 Å². The van der Waals surface area contributed by atoms with Crippen molar-refractivity contribution in [2.45, 2.75) is 6.92 Å². The quantitative estimate of drug-likeness (QED) is 0.827. The van der Waals surface area contributed by atoms with Crippen LogP contribution in [0, 0.1) is 0 Å². The zero-order valence-electron chi connectivity index (χ0n) is 11.5. The Morgan fingerprint density at radius 1 is 1.30 bits per heavy atom. The molecule has 8 heteroatoms. The smallest absolute Gasteiger partial charge is 0.270 e. The first-order chi connectivity index (χ1) is 9.35. The number of halogens is 1. The van der Waals surface area contributed by atoms with Crippen molar-refractivity contribution < 1.29 is 13.2 Å². The van der Waals surface area contributed by atoms with E-state index in [1.54, 1.807) is 35.7 Å². The third-order valence-corrected chi connectivity index (χ3v) is 5.56. The molecular weight excluding hydrogens is 302 g/mol. The molecule has 1 amide bonds. The summed E-state index contributed by atoms with van der Waals surface area (Å²) in [6.45, 7) is 3.13. The maximum atomic E-state index is 12.3. The highest BCUT2D eigenvalue weighted by atomic mass is 35.5. The predicted molar refractivity (Wildman–Crippen MR) is 77.4 cm³/mol. The van der Waals surface area contributed by atoms with Gasteiger partial charge in [0.25, 0.3) is 5.91 Å². The molecule has 1 fully saturated rings. The Morgan fingerprint density at radius 2 is 1.90 bits per heavy atom. The van der Waals surface area contributed by atoms with E-state index in [1.807, 2.05) is 0 Å². The Hall–Kier alpha value is -1.05. The largest absolute Gasteiger partial charge is 0.345 e. The maximum absolute atomic E-state index is 12.3. The molecule has 1 aromatic heterocycles. The third kappa shape index (κ3) is 2.99. The van der Waals surface area contributed by atoms with Crippen molar-refractivity contribution in [3.05, 3.63) is 23.0 Å². The number of rotatable bonds is 3. The van der Waals surface area contributed by atoms with Crippen LogP contribution in [0.3, 0.4) is 0 Å². The van der Waals surface area contributed by atoms with E-state index in [9.17, 15) is 13.2 Å². The maximum Gasteiger partial charge on any atom is 0.270 e. The van der Waals surface area contributed by atoms with Crippen LogP contribution < -0.4 is 0 Å². The number of sulfonamides is 1. The normalized spacial score (nSPS) is 17.4. The number of aromatic nitrogens is 1. The van der Waals surface area contributed by atoms with E-state index in [-0.39, 0.29) is 11.7 Å². The fourth-order valence-electron chi connectivity index (χ4n) is 2.25. The summed E-state index contributed by atoms with van der Waals surface area (Å²) in [7, 11) is -1.41. The SMILES string of the molecule is CCS(=O)(=O)N1CCN(C(=O)c2cc(Cl)cn2C)CC1. The lowest BCUT2D eigenvalue weighted by Gasteiger charge is -2.33. The molecule has 2 rings (SSSR count). The number of nitrogens with zero attached hydrogens (tertiary/aromatic N) is 3. The second kappa shape index (κ2) is 5.75.